The maximum absolute atomic E-state index is 12.5. The van der Waals surface area contributed by atoms with Crippen molar-refractivity contribution >= 4 is 6.03 Å². The van der Waals surface area contributed by atoms with Crippen LogP contribution >= 0.6 is 0 Å². The molecule has 2 amide bonds. The van der Waals surface area contributed by atoms with Crippen LogP contribution in [0.4, 0.5) is 18.0 Å². The number of amides is 2. The van der Waals surface area contributed by atoms with E-state index in [1.54, 1.807) is 7.11 Å². The molecule has 2 N–H and O–H groups in total. The third kappa shape index (κ3) is 6.18. The first-order chi connectivity index (χ1) is 10.5. The summed E-state index contributed by atoms with van der Waals surface area (Å²) in [6.45, 7) is 6.12. The number of hydrogen-bond acceptors (Lipinski definition) is 3. The number of halogens is 3. The Balaban J connectivity index is 2.44. The summed E-state index contributed by atoms with van der Waals surface area (Å²) >= 11 is 0. The fourth-order valence-electron chi connectivity index (χ4n) is 2.86. The van der Waals surface area contributed by atoms with Crippen LogP contribution in [-0.4, -0.2) is 60.2 Å². The SMILES string of the molecule is COC(C)(C)C[C@@H](C)NC(=O)N1CCC([C@@H](O)C(F)(F)F)CC1. The summed E-state index contributed by atoms with van der Waals surface area (Å²) in [5, 5.41) is 12.1. The van der Waals surface area contributed by atoms with Crippen molar-refractivity contribution in [1.29, 1.82) is 0 Å². The first kappa shape index (κ1) is 20.0. The minimum atomic E-state index is -4.60. The summed E-state index contributed by atoms with van der Waals surface area (Å²) in [4.78, 5) is 13.6. The molecule has 1 rings (SSSR count). The molecule has 0 aromatic carbocycles. The molecule has 0 aromatic rings. The second-order valence-corrected chi connectivity index (χ2v) is 6.83. The van der Waals surface area contributed by atoms with Gasteiger partial charge in [-0.1, -0.05) is 0 Å². The van der Waals surface area contributed by atoms with Gasteiger partial charge >= 0.3 is 12.2 Å². The number of urea groups is 1. The predicted molar refractivity (Wildman–Crippen MR) is 80.1 cm³/mol. The van der Waals surface area contributed by atoms with E-state index in [9.17, 15) is 23.1 Å². The lowest BCUT2D eigenvalue weighted by Gasteiger charge is -2.35. The summed E-state index contributed by atoms with van der Waals surface area (Å²) in [5.74, 6) is -0.844. The molecule has 23 heavy (non-hydrogen) atoms. The Hall–Kier alpha value is -1.02. The van der Waals surface area contributed by atoms with E-state index in [0.717, 1.165) is 0 Å². The van der Waals surface area contributed by atoms with E-state index >= 15 is 0 Å². The number of piperidine rings is 1. The number of nitrogens with one attached hydrogen (secondary N) is 1. The first-order valence-electron chi connectivity index (χ1n) is 7.81. The molecule has 1 aliphatic heterocycles. The molecule has 5 nitrogen and oxygen atoms in total. The lowest BCUT2D eigenvalue weighted by Crippen LogP contribution is -2.50. The van der Waals surface area contributed by atoms with Crippen molar-refractivity contribution in [2.24, 2.45) is 5.92 Å². The van der Waals surface area contributed by atoms with Gasteiger partial charge in [0.2, 0.25) is 0 Å². The predicted octanol–water partition coefficient (Wildman–Crippen LogP) is 2.53. The fourth-order valence-corrected chi connectivity index (χ4v) is 2.86. The minimum absolute atomic E-state index is 0.115. The molecular weight excluding hydrogens is 313 g/mol. The topological polar surface area (TPSA) is 61.8 Å². The average molecular weight is 340 g/mol. The molecule has 0 saturated carbocycles. The number of ether oxygens (including phenoxy) is 1. The van der Waals surface area contributed by atoms with Gasteiger partial charge in [0, 0.05) is 26.2 Å². The van der Waals surface area contributed by atoms with Gasteiger partial charge < -0.3 is 20.1 Å². The van der Waals surface area contributed by atoms with Crippen LogP contribution in [0.5, 0.6) is 0 Å². The van der Waals surface area contributed by atoms with Crippen molar-refractivity contribution in [3.05, 3.63) is 0 Å². The van der Waals surface area contributed by atoms with Crippen LogP contribution in [0.3, 0.4) is 0 Å². The van der Waals surface area contributed by atoms with Gasteiger partial charge in [-0.05, 0) is 46.0 Å². The molecule has 1 heterocycles. The van der Waals surface area contributed by atoms with E-state index in [1.807, 2.05) is 20.8 Å². The summed E-state index contributed by atoms with van der Waals surface area (Å²) < 4.78 is 42.8. The molecular formula is C15H27F3N2O3. The Bertz CT molecular complexity index is 394. The van der Waals surface area contributed by atoms with E-state index in [-0.39, 0.29) is 43.6 Å². The van der Waals surface area contributed by atoms with E-state index in [4.69, 9.17) is 4.74 Å². The zero-order chi connectivity index (χ0) is 17.8. The van der Waals surface area contributed by atoms with Crippen LogP contribution < -0.4 is 5.32 Å². The van der Waals surface area contributed by atoms with Gasteiger partial charge in [0.05, 0.1) is 5.60 Å². The highest BCUT2D eigenvalue weighted by Gasteiger charge is 2.44. The molecule has 2 atom stereocenters. The van der Waals surface area contributed by atoms with Gasteiger partial charge in [-0.2, -0.15) is 13.2 Å². The van der Waals surface area contributed by atoms with E-state index < -0.39 is 18.2 Å². The van der Waals surface area contributed by atoms with Gasteiger partial charge in [-0.3, -0.25) is 0 Å². The number of carbonyl (C=O) groups excluding carboxylic acids is 1. The maximum atomic E-state index is 12.5. The van der Waals surface area contributed by atoms with Crippen LogP contribution in [0.15, 0.2) is 0 Å². The zero-order valence-electron chi connectivity index (χ0n) is 14.1. The second kappa shape index (κ2) is 7.70. The lowest BCUT2D eigenvalue weighted by atomic mass is 9.91. The highest BCUT2D eigenvalue weighted by Crippen LogP contribution is 2.31. The van der Waals surface area contributed by atoms with Crippen molar-refractivity contribution in [1.82, 2.24) is 10.2 Å². The molecule has 0 radical (unpaired) electrons. The van der Waals surface area contributed by atoms with Crippen molar-refractivity contribution in [3.8, 4) is 0 Å². The average Bonchev–Trinajstić information content (AvgIpc) is 2.45. The van der Waals surface area contributed by atoms with E-state index in [1.165, 1.54) is 4.90 Å². The van der Waals surface area contributed by atoms with Gasteiger partial charge in [0.15, 0.2) is 6.10 Å². The van der Waals surface area contributed by atoms with Crippen LogP contribution in [-0.2, 0) is 4.74 Å². The monoisotopic (exact) mass is 340 g/mol. The highest BCUT2D eigenvalue weighted by molar-refractivity contribution is 5.74. The van der Waals surface area contributed by atoms with Crippen LogP contribution in [0.2, 0.25) is 0 Å². The number of alkyl halides is 3. The second-order valence-electron chi connectivity index (χ2n) is 6.83. The maximum Gasteiger partial charge on any atom is 0.414 e. The quantitative estimate of drug-likeness (QED) is 0.808. The molecule has 1 aliphatic rings. The smallest absolute Gasteiger partial charge is 0.383 e. The van der Waals surface area contributed by atoms with Gasteiger partial charge in [0.1, 0.15) is 0 Å². The number of methoxy groups -OCH3 is 1. The van der Waals surface area contributed by atoms with Crippen LogP contribution in [0.1, 0.15) is 40.0 Å². The van der Waals surface area contributed by atoms with Crippen molar-refractivity contribution in [2.45, 2.75) is 64.0 Å². The van der Waals surface area contributed by atoms with Gasteiger partial charge in [-0.25, -0.2) is 4.79 Å². The number of nitrogens with zero attached hydrogens (tertiary/aromatic N) is 1. The van der Waals surface area contributed by atoms with E-state index in [0.29, 0.717) is 6.42 Å². The highest BCUT2D eigenvalue weighted by atomic mass is 19.4. The molecule has 0 spiro atoms. The molecule has 1 fully saturated rings. The molecule has 0 aromatic heterocycles. The number of aliphatic hydroxyl groups excluding tert-OH is 1. The largest absolute Gasteiger partial charge is 0.414 e. The summed E-state index contributed by atoms with van der Waals surface area (Å²) in [5.41, 5.74) is -0.365. The molecule has 0 bridgehead atoms. The standard InChI is InChI=1S/C15H27F3N2O3/c1-10(9-14(2,3)23-4)19-13(22)20-7-5-11(6-8-20)12(21)15(16,17)18/h10-12,21H,5-9H2,1-4H3,(H,19,22)/t10-,12-/m1/s1. The number of aliphatic hydroxyl groups is 1. The normalized spacial score (nSPS) is 20.3. The summed E-state index contributed by atoms with van der Waals surface area (Å²) in [6, 6.07) is -0.403. The number of carbonyl (C=O) groups is 1. The third-order valence-corrected chi connectivity index (χ3v) is 4.33. The Labute approximate surface area is 135 Å². The third-order valence-electron chi connectivity index (χ3n) is 4.33. The Kier molecular flexibility index (Phi) is 6.70. The minimum Gasteiger partial charge on any atom is -0.383 e. The van der Waals surface area contributed by atoms with Crippen LogP contribution in [0, 0.1) is 5.92 Å². The molecule has 8 heteroatoms. The lowest BCUT2D eigenvalue weighted by molar-refractivity contribution is -0.222. The molecule has 1 saturated heterocycles. The number of hydrogen-bond donors (Lipinski definition) is 2. The van der Waals surface area contributed by atoms with Gasteiger partial charge in [0.25, 0.3) is 0 Å². The van der Waals surface area contributed by atoms with Crippen molar-refractivity contribution in [3.63, 3.8) is 0 Å². The van der Waals surface area contributed by atoms with Crippen molar-refractivity contribution in [2.75, 3.05) is 20.2 Å². The Morgan fingerprint density at radius 3 is 2.30 bits per heavy atom. The summed E-state index contributed by atoms with van der Waals surface area (Å²) in [6.07, 6.45) is -6.00. The molecule has 136 valence electrons. The molecule has 0 unspecified atom stereocenters. The zero-order valence-corrected chi connectivity index (χ0v) is 14.1. The Morgan fingerprint density at radius 2 is 1.87 bits per heavy atom. The first-order valence-corrected chi connectivity index (χ1v) is 7.81. The molecule has 0 aliphatic carbocycles. The Morgan fingerprint density at radius 1 is 1.35 bits per heavy atom. The number of rotatable bonds is 5. The summed E-state index contributed by atoms with van der Waals surface area (Å²) in [7, 11) is 1.60. The van der Waals surface area contributed by atoms with Gasteiger partial charge in [-0.15, -0.1) is 0 Å². The van der Waals surface area contributed by atoms with Crippen molar-refractivity contribution < 1.29 is 27.8 Å². The van der Waals surface area contributed by atoms with Crippen LogP contribution in [0.25, 0.3) is 0 Å². The number of likely N-dealkylation sites (tertiary alicyclic amines) is 1. The fraction of sp³-hybridized carbons (Fsp3) is 0.933. The van der Waals surface area contributed by atoms with E-state index in [2.05, 4.69) is 5.32 Å².